The Kier molecular flexibility index (Phi) is 4.73. The lowest BCUT2D eigenvalue weighted by Gasteiger charge is -2.21. The van der Waals surface area contributed by atoms with Gasteiger partial charge in [-0.3, -0.25) is 14.9 Å². The van der Waals surface area contributed by atoms with Gasteiger partial charge in [0.2, 0.25) is 5.91 Å². The number of nitro benzene ring substituents is 1. The molecule has 2 rings (SSSR count). The van der Waals surface area contributed by atoms with Gasteiger partial charge in [0, 0.05) is 30.4 Å². The molecule has 0 atom stereocenters. The van der Waals surface area contributed by atoms with Gasteiger partial charge in [0.1, 0.15) is 5.75 Å². The summed E-state index contributed by atoms with van der Waals surface area (Å²) in [5.74, 6) is -0.0407. The molecule has 0 saturated heterocycles. The number of amides is 1. The molecule has 2 aromatic rings. The normalized spacial score (nSPS) is 10.2. The topological polar surface area (TPSA) is 83.7 Å². The Morgan fingerprint density at radius 3 is 2.45 bits per heavy atom. The van der Waals surface area contributed by atoms with Crippen LogP contribution in [0.2, 0.25) is 0 Å². The number of aromatic hydroxyl groups is 1. The summed E-state index contributed by atoms with van der Waals surface area (Å²) in [7, 11) is 0. The molecule has 1 amide bonds. The number of hydrogen-bond acceptors (Lipinski definition) is 4. The van der Waals surface area contributed by atoms with Gasteiger partial charge in [-0.15, -0.1) is 0 Å². The van der Waals surface area contributed by atoms with Crippen molar-refractivity contribution in [2.75, 3.05) is 11.4 Å². The molecule has 0 aliphatic rings. The molecule has 0 fully saturated rings. The van der Waals surface area contributed by atoms with Crippen LogP contribution in [-0.2, 0) is 11.2 Å². The second kappa shape index (κ2) is 6.71. The molecule has 2 aromatic carbocycles. The number of benzene rings is 2. The highest BCUT2D eigenvalue weighted by Crippen LogP contribution is 2.21. The van der Waals surface area contributed by atoms with Crippen molar-refractivity contribution in [2.24, 2.45) is 0 Å². The van der Waals surface area contributed by atoms with Crippen molar-refractivity contribution < 1.29 is 14.8 Å². The van der Waals surface area contributed by atoms with Crippen LogP contribution in [0.25, 0.3) is 0 Å². The van der Waals surface area contributed by atoms with Crippen LogP contribution in [0.15, 0.2) is 48.5 Å². The van der Waals surface area contributed by atoms with E-state index in [0.717, 1.165) is 0 Å². The van der Waals surface area contributed by atoms with Crippen molar-refractivity contribution in [2.45, 2.75) is 13.3 Å². The van der Waals surface area contributed by atoms with E-state index in [-0.39, 0.29) is 23.8 Å². The fraction of sp³-hybridized carbons (Fsp3) is 0.188. The summed E-state index contributed by atoms with van der Waals surface area (Å²) in [5, 5.41) is 20.1. The lowest BCUT2D eigenvalue weighted by Crippen LogP contribution is -2.31. The molecule has 0 radical (unpaired) electrons. The summed E-state index contributed by atoms with van der Waals surface area (Å²) in [6, 6.07) is 12.4. The molecular weight excluding hydrogens is 284 g/mol. The summed E-state index contributed by atoms with van der Waals surface area (Å²) in [4.78, 5) is 24.1. The molecule has 114 valence electrons. The Hall–Kier alpha value is -2.89. The number of nitro groups is 1. The second-order valence-corrected chi connectivity index (χ2v) is 4.76. The first-order valence-corrected chi connectivity index (χ1v) is 6.84. The number of likely N-dealkylation sites (N-methyl/N-ethyl adjacent to an activating group) is 1. The first-order valence-electron chi connectivity index (χ1n) is 6.84. The van der Waals surface area contributed by atoms with E-state index in [1.54, 1.807) is 29.2 Å². The van der Waals surface area contributed by atoms with Gasteiger partial charge in [0.15, 0.2) is 0 Å². The number of rotatable bonds is 5. The summed E-state index contributed by atoms with van der Waals surface area (Å²) in [6.07, 6.45) is 0.140. The van der Waals surface area contributed by atoms with E-state index >= 15 is 0 Å². The first-order chi connectivity index (χ1) is 10.5. The number of anilines is 1. The standard InChI is InChI=1S/C16H16N2O4/c1-2-17(14-4-3-5-15(19)11-14)16(20)10-12-6-8-13(9-7-12)18(21)22/h3-9,11,19H,2,10H2,1H3. The zero-order chi connectivity index (χ0) is 16.1. The monoisotopic (exact) mass is 300 g/mol. The fourth-order valence-corrected chi connectivity index (χ4v) is 2.17. The maximum Gasteiger partial charge on any atom is 0.269 e. The van der Waals surface area contributed by atoms with Gasteiger partial charge in [0.25, 0.3) is 5.69 Å². The lowest BCUT2D eigenvalue weighted by molar-refractivity contribution is -0.384. The van der Waals surface area contributed by atoms with E-state index in [1.807, 2.05) is 6.92 Å². The highest BCUT2D eigenvalue weighted by Gasteiger charge is 2.15. The summed E-state index contributed by atoms with van der Waals surface area (Å²) in [6.45, 7) is 2.31. The van der Waals surface area contributed by atoms with Crippen LogP contribution in [0.4, 0.5) is 11.4 Å². The number of carbonyl (C=O) groups excluding carboxylic acids is 1. The highest BCUT2D eigenvalue weighted by molar-refractivity contribution is 5.94. The summed E-state index contributed by atoms with van der Waals surface area (Å²) < 4.78 is 0. The van der Waals surface area contributed by atoms with Gasteiger partial charge in [-0.05, 0) is 24.6 Å². The maximum atomic E-state index is 12.4. The number of carbonyl (C=O) groups is 1. The molecule has 0 heterocycles. The Balaban J connectivity index is 2.14. The van der Waals surface area contributed by atoms with Crippen molar-refractivity contribution in [3.05, 3.63) is 64.2 Å². The van der Waals surface area contributed by atoms with Crippen LogP contribution < -0.4 is 4.90 Å². The van der Waals surface area contributed by atoms with Gasteiger partial charge in [-0.2, -0.15) is 0 Å². The lowest BCUT2D eigenvalue weighted by atomic mass is 10.1. The molecule has 0 bridgehead atoms. The number of non-ortho nitro benzene ring substituents is 1. The summed E-state index contributed by atoms with van der Waals surface area (Å²) in [5.41, 5.74) is 1.32. The smallest absolute Gasteiger partial charge is 0.269 e. The molecule has 0 saturated carbocycles. The highest BCUT2D eigenvalue weighted by atomic mass is 16.6. The number of phenols is 1. The molecule has 0 unspecified atom stereocenters. The van der Waals surface area contributed by atoms with Crippen molar-refractivity contribution in [1.29, 1.82) is 0 Å². The van der Waals surface area contributed by atoms with E-state index in [2.05, 4.69) is 0 Å². The van der Waals surface area contributed by atoms with E-state index in [1.165, 1.54) is 24.3 Å². The van der Waals surface area contributed by atoms with Gasteiger partial charge >= 0.3 is 0 Å². The molecule has 0 aliphatic heterocycles. The molecule has 0 aromatic heterocycles. The van der Waals surface area contributed by atoms with Gasteiger partial charge in [0.05, 0.1) is 11.3 Å². The minimum atomic E-state index is -0.476. The summed E-state index contributed by atoms with van der Waals surface area (Å²) >= 11 is 0. The predicted octanol–water partition coefficient (Wildman–Crippen LogP) is 2.90. The third-order valence-electron chi connectivity index (χ3n) is 3.26. The Bertz CT molecular complexity index is 683. The third-order valence-corrected chi connectivity index (χ3v) is 3.26. The fourth-order valence-electron chi connectivity index (χ4n) is 2.17. The van der Waals surface area contributed by atoms with Crippen LogP contribution in [0.3, 0.4) is 0 Å². The average molecular weight is 300 g/mol. The average Bonchev–Trinajstić information content (AvgIpc) is 2.48. The van der Waals surface area contributed by atoms with E-state index in [9.17, 15) is 20.0 Å². The first kappa shape index (κ1) is 15.5. The number of phenolic OH excluding ortho intramolecular Hbond substituents is 1. The molecule has 0 aliphatic carbocycles. The number of nitrogens with zero attached hydrogens (tertiary/aromatic N) is 2. The SMILES string of the molecule is CCN(C(=O)Cc1ccc([N+](=O)[O-])cc1)c1cccc(O)c1. The second-order valence-electron chi connectivity index (χ2n) is 4.76. The quantitative estimate of drug-likeness (QED) is 0.679. The molecule has 0 spiro atoms. The van der Waals surface area contributed by atoms with E-state index in [4.69, 9.17) is 0 Å². The Labute approximate surface area is 127 Å². The van der Waals surface area contributed by atoms with Crippen molar-refractivity contribution in [3.8, 4) is 5.75 Å². The van der Waals surface area contributed by atoms with Crippen molar-refractivity contribution in [1.82, 2.24) is 0 Å². The number of hydrogen-bond donors (Lipinski definition) is 1. The molecular formula is C16H16N2O4. The van der Waals surface area contributed by atoms with Crippen LogP contribution in [0, 0.1) is 10.1 Å². The van der Waals surface area contributed by atoms with Crippen LogP contribution in [0.1, 0.15) is 12.5 Å². The molecule has 6 heteroatoms. The van der Waals surface area contributed by atoms with Gasteiger partial charge < -0.3 is 10.0 Å². The van der Waals surface area contributed by atoms with Crippen LogP contribution >= 0.6 is 0 Å². The zero-order valence-corrected chi connectivity index (χ0v) is 12.1. The maximum absolute atomic E-state index is 12.4. The van der Waals surface area contributed by atoms with Crippen LogP contribution in [0.5, 0.6) is 5.75 Å². The Morgan fingerprint density at radius 2 is 1.91 bits per heavy atom. The van der Waals surface area contributed by atoms with Gasteiger partial charge in [-0.25, -0.2) is 0 Å². The molecule has 1 N–H and O–H groups in total. The molecule has 22 heavy (non-hydrogen) atoms. The molecule has 6 nitrogen and oxygen atoms in total. The Morgan fingerprint density at radius 1 is 1.23 bits per heavy atom. The third kappa shape index (κ3) is 3.60. The van der Waals surface area contributed by atoms with E-state index in [0.29, 0.717) is 17.8 Å². The predicted molar refractivity (Wildman–Crippen MR) is 82.9 cm³/mol. The minimum absolute atomic E-state index is 0.00321. The van der Waals surface area contributed by atoms with E-state index < -0.39 is 4.92 Å². The van der Waals surface area contributed by atoms with Gasteiger partial charge in [-0.1, -0.05) is 18.2 Å². The van der Waals surface area contributed by atoms with Crippen LogP contribution in [-0.4, -0.2) is 22.5 Å². The largest absolute Gasteiger partial charge is 0.508 e. The zero-order valence-electron chi connectivity index (χ0n) is 12.1. The minimum Gasteiger partial charge on any atom is -0.508 e. The van der Waals surface area contributed by atoms with Crippen molar-refractivity contribution in [3.63, 3.8) is 0 Å². The van der Waals surface area contributed by atoms with Crippen molar-refractivity contribution >= 4 is 17.3 Å².